The minimum absolute atomic E-state index is 0.0223. The fraction of sp³-hybridized carbons (Fsp3) is 0.0909. The molecule has 0 fully saturated rings. The van der Waals surface area contributed by atoms with Crippen molar-refractivity contribution in [3.63, 3.8) is 0 Å². The van der Waals surface area contributed by atoms with Gasteiger partial charge in [0.25, 0.3) is 0 Å². The lowest BCUT2D eigenvalue weighted by molar-refractivity contribution is -0.141. The monoisotopic (exact) mass is 381 g/mol. The second-order valence-corrected chi connectivity index (χ2v) is 5.73. The van der Waals surface area contributed by atoms with Crippen LogP contribution in [-0.4, -0.2) is 17.6 Å². The largest absolute Gasteiger partial charge is 0.448 e. The summed E-state index contributed by atoms with van der Waals surface area (Å²) in [4.78, 5) is 16.7. The van der Waals surface area contributed by atoms with Crippen molar-refractivity contribution in [1.29, 1.82) is 0 Å². The summed E-state index contributed by atoms with van der Waals surface area (Å²) in [6.45, 7) is -2.95. The molecule has 0 saturated carbocycles. The van der Waals surface area contributed by atoms with Crippen LogP contribution >= 0.6 is 0 Å². The van der Waals surface area contributed by atoms with Gasteiger partial charge < -0.3 is 9.47 Å². The lowest BCUT2D eigenvalue weighted by Gasteiger charge is -2.17. The average molecular weight is 381 g/mol. The third-order valence-electron chi connectivity index (χ3n) is 3.83. The van der Waals surface area contributed by atoms with Gasteiger partial charge in [-0.05, 0) is 29.8 Å². The number of benzene rings is 2. The maximum absolute atomic E-state index is 12.5. The first-order valence-electron chi connectivity index (χ1n) is 8.52. The van der Waals surface area contributed by atoms with Gasteiger partial charge in [-0.3, -0.25) is 4.98 Å². The fourth-order valence-electron chi connectivity index (χ4n) is 2.59. The molecule has 3 rings (SSSR count). The van der Waals surface area contributed by atoms with Gasteiger partial charge >= 0.3 is 12.6 Å². The topological polar surface area (TPSA) is 48.4 Å². The van der Waals surface area contributed by atoms with Gasteiger partial charge in [0.1, 0.15) is 5.75 Å². The zero-order valence-corrected chi connectivity index (χ0v) is 14.7. The molecule has 0 aliphatic heterocycles. The van der Waals surface area contributed by atoms with Crippen molar-refractivity contribution < 1.29 is 23.0 Å². The summed E-state index contributed by atoms with van der Waals surface area (Å²) in [6.07, 6.45) is 3.48. The van der Waals surface area contributed by atoms with Crippen molar-refractivity contribution in [1.82, 2.24) is 4.98 Å². The van der Waals surface area contributed by atoms with E-state index in [1.807, 2.05) is 30.3 Å². The molecule has 1 heterocycles. The summed E-state index contributed by atoms with van der Waals surface area (Å²) >= 11 is 0. The summed E-state index contributed by atoms with van der Waals surface area (Å²) in [6, 6.07) is 20.7. The van der Waals surface area contributed by atoms with Crippen molar-refractivity contribution in [2.24, 2.45) is 0 Å². The summed E-state index contributed by atoms with van der Waals surface area (Å²) in [7, 11) is 0. The van der Waals surface area contributed by atoms with Crippen LogP contribution in [0.3, 0.4) is 0 Å². The minimum atomic E-state index is -2.95. The Hall–Kier alpha value is -3.54. The molecular weight excluding hydrogens is 364 g/mol. The summed E-state index contributed by atoms with van der Waals surface area (Å²) in [5, 5.41) is 0. The van der Waals surface area contributed by atoms with Crippen molar-refractivity contribution in [3.05, 3.63) is 102 Å². The Balaban J connectivity index is 1.79. The number of aromatic nitrogens is 1. The van der Waals surface area contributed by atoms with E-state index in [2.05, 4.69) is 9.72 Å². The highest BCUT2D eigenvalue weighted by atomic mass is 19.3. The maximum atomic E-state index is 12.5. The van der Waals surface area contributed by atoms with E-state index in [4.69, 9.17) is 4.74 Å². The highest BCUT2D eigenvalue weighted by molar-refractivity contribution is 5.88. The number of halogens is 2. The van der Waals surface area contributed by atoms with E-state index in [1.165, 1.54) is 18.2 Å². The number of carbonyl (C=O) groups excluding carboxylic acids is 1. The number of esters is 1. The van der Waals surface area contributed by atoms with Crippen molar-refractivity contribution in [3.8, 4) is 5.75 Å². The van der Waals surface area contributed by atoms with E-state index in [0.717, 1.165) is 5.56 Å². The number of carbonyl (C=O) groups is 1. The van der Waals surface area contributed by atoms with Gasteiger partial charge in [0, 0.05) is 17.8 Å². The first-order valence-corrected chi connectivity index (χ1v) is 8.52. The van der Waals surface area contributed by atoms with E-state index < -0.39 is 18.7 Å². The van der Waals surface area contributed by atoms with Crippen LogP contribution in [0.4, 0.5) is 8.78 Å². The van der Waals surface area contributed by atoms with E-state index >= 15 is 0 Å². The first-order chi connectivity index (χ1) is 13.6. The second-order valence-electron chi connectivity index (χ2n) is 5.73. The number of nitrogens with zero attached hydrogens (tertiary/aromatic N) is 1. The first kappa shape index (κ1) is 19.2. The predicted molar refractivity (Wildman–Crippen MR) is 101 cm³/mol. The molecular formula is C22H17F2NO3. The number of para-hydroxylation sites is 1. The average Bonchev–Trinajstić information content (AvgIpc) is 2.72. The standard InChI is InChI=1S/C22H17F2NO3/c23-22(24)27-19-12-5-4-8-16(19)13-14-20(26)28-21(17-9-2-1-3-10-17)18-11-6-7-15-25-18/h1-15,21-22H/b14-13+. The number of hydrogen-bond donors (Lipinski definition) is 0. The summed E-state index contributed by atoms with van der Waals surface area (Å²) in [5.74, 6) is -0.655. The molecule has 0 amide bonds. The van der Waals surface area contributed by atoms with Crippen molar-refractivity contribution in [2.75, 3.05) is 0 Å². The molecule has 142 valence electrons. The Morgan fingerprint density at radius 3 is 2.36 bits per heavy atom. The van der Waals surface area contributed by atoms with Gasteiger partial charge in [-0.25, -0.2) is 4.79 Å². The second kappa shape index (κ2) is 9.41. The lowest BCUT2D eigenvalue weighted by atomic mass is 10.1. The molecule has 0 aliphatic carbocycles. The normalized spacial score (nSPS) is 12.1. The van der Waals surface area contributed by atoms with Crippen LogP contribution in [0.15, 0.2) is 85.1 Å². The third-order valence-corrected chi connectivity index (χ3v) is 3.83. The van der Waals surface area contributed by atoms with E-state index in [-0.39, 0.29) is 5.75 Å². The van der Waals surface area contributed by atoms with Gasteiger partial charge in [-0.15, -0.1) is 0 Å². The number of hydrogen-bond acceptors (Lipinski definition) is 4. The molecule has 1 atom stereocenters. The Kier molecular flexibility index (Phi) is 6.46. The smallest absolute Gasteiger partial charge is 0.387 e. The van der Waals surface area contributed by atoms with Crippen molar-refractivity contribution in [2.45, 2.75) is 12.7 Å². The zero-order chi connectivity index (χ0) is 19.8. The van der Waals surface area contributed by atoms with E-state index in [1.54, 1.807) is 42.6 Å². The molecule has 4 nitrogen and oxygen atoms in total. The Bertz CT molecular complexity index is 891. The van der Waals surface area contributed by atoms with Crippen LogP contribution < -0.4 is 4.74 Å². The van der Waals surface area contributed by atoms with Gasteiger partial charge in [0.15, 0.2) is 6.10 Å². The summed E-state index contributed by atoms with van der Waals surface area (Å²) < 4.78 is 35.0. The Labute approximate surface area is 161 Å². The Morgan fingerprint density at radius 2 is 1.64 bits per heavy atom. The van der Waals surface area contributed by atoms with Crippen LogP contribution in [0.1, 0.15) is 22.9 Å². The molecule has 0 bridgehead atoms. The number of ether oxygens (including phenoxy) is 2. The summed E-state index contributed by atoms with van der Waals surface area (Å²) in [5.41, 5.74) is 1.69. The quantitative estimate of drug-likeness (QED) is 0.425. The molecule has 0 radical (unpaired) electrons. The van der Waals surface area contributed by atoms with Crippen molar-refractivity contribution >= 4 is 12.0 Å². The number of pyridine rings is 1. The Morgan fingerprint density at radius 1 is 0.929 bits per heavy atom. The molecule has 0 N–H and O–H groups in total. The van der Waals surface area contributed by atoms with Crippen LogP contribution in [0.25, 0.3) is 6.08 Å². The van der Waals surface area contributed by atoms with Gasteiger partial charge in [-0.1, -0.05) is 54.6 Å². The zero-order valence-electron chi connectivity index (χ0n) is 14.7. The fourth-order valence-corrected chi connectivity index (χ4v) is 2.59. The van der Waals surface area contributed by atoms with Gasteiger partial charge in [0.05, 0.1) is 5.69 Å². The van der Waals surface area contributed by atoms with Gasteiger partial charge in [-0.2, -0.15) is 8.78 Å². The molecule has 1 unspecified atom stereocenters. The molecule has 0 aliphatic rings. The number of alkyl halides is 2. The molecule has 6 heteroatoms. The van der Waals surface area contributed by atoms with E-state index in [9.17, 15) is 13.6 Å². The van der Waals surface area contributed by atoms with Crippen LogP contribution in [-0.2, 0) is 9.53 Å². The molecule has 28 heavy (non-hydrogen) atoms. The highest BCUT2D eigenvalue weighted by Crippen LogP contribution is 2.25. The third kappa shape index (κ3) is 5.23. The number of rotatable bonds is 7. The minimum Gasteiger partial charge on any atom is -0.448 e. The molecule has 1 aromatic heterocycles. The molecule has 0 spiro atoms. The predicted octanol–water partition coefficient (Wildman–Crippen LogP) is 5.03. The maximum Gasteiger partial charge on any atom is 0.387 e. The van der Waals surface area contributed by atoms with E-state index in [0.29, 0.717) is 11.3 Å². The lowest BCUT2D eigenvalue weighted by Crippen LogP contribution is -2.12. The van der Waals surface area contributed by atoms with Crippen LogP contribution in [0.5, 0.6) is 5.75 Å². The SMILES string of the molecule is O=C(/C=C/c1ccccc1OC(F)F)OC(c1ccccc1)c1ccccn1. The van der Waals surface area contributed by atoms with Crippen LogP contribution in [0.2, 0.25) is 0 Å². The van der Waals surface area contributed by atoms with Gasteiger partial charge in [0.2, 0.25) is 0 Å². The molecule has 0 saturated heterocycles. The highest BCUT2D eigenvalue weighted by Gasteiger charge is 2.19. The van der Waals surface area contributed by atoms with Crippen LogP contribution in [0, 0.1) is 0 Å². The molecule has 3 aromatic rings. The molecule has 2 aromatic carbocycles.